The molecule has 6 nitrogen and oxygen atoms in total. The summed E-state index contributed by atoms with van der Waals surface area (Å²) in [5, 5.41) is 3.49. The van der Waals surface area contributed by atoms with E-state index in [4.69, 9.17) is 27.9 Å². The lowest BCUT2D eigenvalue weighted by Gasteiger charge is -2.47. The highest BCUT2D eigenvalue weighted by Gasteiger charge is 2.37. The largest absolute Gasteiger partial charge is 0.496 e. The van der Waals surface area contributed by atoms with E-state index in [9.17, 15) is 9.59 Å². The van der Waals surface area contributed by atoms with Crippen molar-refractivity contribution >= 4 is 46.9 Å². The Morgan fingerprint density at radius 3 is 2.56 bits per heavy atom. The van der Waals surface area contributed by atoms with Crippen molar-refractivity contribution < 1.29 is 14.3 Å². The molecular weight excluding hydrogens is 473 g/mol. The summed E-state index contributed by atoms with van der Waals surface area (Å²) < 4.78 is 5.69. The summed E-state index contributed by atoms with van der Waals surface area (Å²) >= 11 is 12.1. The van der Waals surface area contributed by atoms with Gasteiger partial charge in [0.1, 0.15) is 11.4 Å². The molecule has 4 rings (SSSR count). The van der Waals surface area contributed by atoms with E-state index in [1.54, 1.807) is 31.4 Å². The van der Waals surface area contributed by atoms with Gasteiger partial charge in [0.05, 0.1) is 23.7 Å². The lowest BCUT2D eigenvalue weighted by Crippen LogP contribution is -2.48. The minimum Gasteiger partial charge on any atom is -0.496 e. The van der Waals surface area contributed by atoms with Crippen molar-refractivity contribution in [3.63, 3.8) is 0 Å². The van der Waals surface area contributed by atoms with Gasteiger partial charge in [-0.2, -0.15) is 0 Å². The highest BCUT2D eigenvalue weighted by Crippen LogP contribution is 2.46. The van der Waals surface area contributed by atoms with E-state index in [1.165, 1.54) is 5.56 Å². The molecule has 0 saturated carbocycles. The molecule has 1 atom stereocenters. The number of halogens is 2. The Hall–Kier alpha value is -2.70. The Balaban J connectivity index is 1.67. The van der Waals surface area contributed by atoms with Crippen molar-refractivity contribution in [3.05, 3.63) is 62.8 Å². The predicted octanol–water partition coefficient (Wildman–Crippen LogP) is 6.21. The molecule has 0 bridgehead atoms. The molecule has 2 aliphatic rings. The molecule has 8 heteroatoms. The molecule has 34 heavy (non-hydrogen) atoms. The van der Waals surface area contributed by atoms with Crippen molar-refractivity contribution in [2.24, 2.45) is 0 Å². The first-order valence-electron chi connectivity index (χ1n) is 11.3. The van der Waals surface area contributed by atoms with Gasteiger partial charge in [-0.3, -0.25) is 9.69 Å². The van der Waals surface area contributed by atoms with Gasteiger partial charge in [0.15, 0.2) is 0 Å². The third-order valence-electron chi connectivity index (χ3n) is 6.64. The van der Waals surface area contributed by atoms with Gasteiger partial charge in [0.2, 0.25) is 0 Å². The molecule has 1 fully saturated rings. The van der Waals surface area contributed by atoms with E-state index in [2.05, 4.69) is 44.0 Å². The number of rotatable bonds is 5. The van der Waals surface area contributed by atoms with Crippen LogP contribution < -0.4 is 15.0 Å². The Morgan fingerprint density at radius 2 is 1.91 bits per heavy atom. The first kappa shape index (κ1) is 24.4. The molecule has 2 heterocycles. The number of fused-ring (bicyclic) bond motifs is 1. The van der Waals surface area contributed by atoms with Crippen molar-refractivity contribution in [2.75, 3.05) is 18.6 Å². The average Bonchev–Trinajstić information content (AvgIpc) is 3.03. The number of nitrogens with zero attached hydrogens (tertiary/aromatic N) is 2. The second-order valence-corrected chi connectivity index (χ2v) is 10.3. The maximum atomic E-state index is 13.1. The number of nitrogens with one attached hydrogen (secondary N) is 1. The number of hydrogen-bond acceptors (Lipinski definition) is 4. The van der Waals surface area contributed by atoms with Gasteiger partial charge >= 0.3 is 6.03 Å². The van der Waals surface area contributed by atoms with Gasteiger partial charge in [0.25, 0.3) is 5.91 Å². The highest BCUT2D eigenvalue weighted by molar-refractivity contribution is 6.42. The number of urea groups is 1. The number of imide groups is 1. The van der Waals surface area contributed by atoms with Crippen LogP contribution in [0.15, 0.2) is 36.0 Å². The van der Waals surface area contributed by atoms with Crippen LogP contribution in [0.2, 0.25) is 10.0 Å². The molecular formula is C26H29Cl2N3O3. The van der Waals surface area contributed by atoms with Crippen LogP contribution in [0.5, 0.6) is 5.75 Å². The Kier molecular flexibility index (Phi) is 6.58. The van der Waals surface area contributed by atoms with Crippen LogP contribution in [0.4, 0.5) is 10.5 Å². The number of carbonyl (C=O) groups is 2. The highest BCUT2D eigenvalue weighted by atomic mass is 35.5. The first-order chi connectivity index (χ1) is 16.1. The van der Waals surface area contributed by atoms with E-state index in [0.29, 0.717) is 27.3 Å². The van der Waals surface area contributed by atoms with Crippen molar-refractivity contribution in [2.45, 2.75) is 52.1 Å². The molecule has 1 N–H and O–H groups in total. The van der Waals surface area contributed by atoms with Gasteiger partial charge < -0.3 is 15.0 Å². The molecule has 2 aromatic rings. The smallest absolute Gasteiger partial charge is 0.329 e. The molecule has 2 aromatic carbocycles. The Bertz CT molecular complexity index is 1190. The standard InChI is InChI=1S/C26H29Cl2N3O3/c1-6-31-22-12-23(34-5)17(10-18(22)15(2)13-26(31,3)4)11-21-24(32)30(25(33)29-21)14-16-7-8-19(27)20(28)9-16/h7-12,15H,6,13-14H2,1-5H3,(H,29,33)/b21-11+. The predicted molar refractivity (Wildman–Crippen MR) is 137 cm³/mol. The van der Waals surface area contributed by atoms with Crippen molar-refractivity contribution in [3.8, 4) is 5.75 Å². The number of benzene rings is 2. The molecule has 1 saturated heterocycles. The zero-order chi connectivity index (χ0) is 24.8. The lowest BCUT2D eigenvalue weighted by atomic mass is 9.79. The maximum absolute atomic E-state index is 13.1. The van der Waals surface area contributed by atoms with Gasteiger partial charge in [0, 0.05) is 29.4 Å². The minimum atomic E-state index is -0.480. The zero-order valence-corrected chi connectivity index (χ0v) is 21.5. The van der Waals surface area contributed by atoms with E-state index < -0.39 is 11.9 Å². The van der Waals surface area contributed by atoms with Crippen LogP contribution in [-0.2, 0) is 11.3 Å². The average molecular weight is 502 g/mol. The summed E-state index contributed by atoms with van der Waals surface area (Å²) in [6, 6.07) is 8.68. The van der Waals surface area contributed by atoms with Crippen molar-refractivity contribution in [1.82, 2.24) is 10.2 Å². The minimum absolute atomic E-state index is 0.0343. The van der Waals surface area contributed by atoms with Crippen LogP contribution in [0, 0.1) is 0 Å². The van der Waals surface area contributed by atoms with E-state index in [-0.39, 0.29) is 17.8 Å². The zero-order valence-electron chi connectivity index (χ0n) is 20.0. The van der Waals surface area contributed by atoms with Crippen LogP contribution in [0.1, 0.15) is 56.7 Å². The number of ether oxygens (including phenoxy) is 1. The molecule has 0 aliphatic carbocycles. The summed E-state index contributed by atoms with van der Waals surface area (Å²) in [6.45, 7) is 9.87. The first-order valence-corrected chi connectivity index (χ1v) is 12.1. The molecule has 180 valence electrons. The normalized spacial score (nSPS) is 20.6. The molecule has 0 spiro atoms. The second kappa shape index (κ2) is 9.16. The topological polar surface area (TPSA) is 61.9 Å². The maximum Gasteiger partial charge on any atom is 0.329 e. The number of carbonyl (C=O) groups excluding carboxylic acids is 2. The van der Waals surface area contributed by atoms with Crippen LogP contribution in [0.3, 0.4) is 0 Å². The van der Waals surface area contributed by atoms with E-state index in [1.807, 2.05) is 6.07 Å². The third kappa shape index (κ3) is 4.37. The van der Waals surface area contributed by atoms with Crippen LogP contribution in [0.25, 0.3) is 6.08 Å². The number of hydrogen-bond donors (Lipinski definition) is 1. The summed E-state index contributed by atoms with van der Waals surface area (Å²) in [7, 11) is 1.61. The van der Waals surface area contributed by atoms with Gasteiger partial charge in [-0.25, -0.2) is 4.79 Å². The number of anilines is 1. The SMILES string of the molecule is CCN1c2cc(OC)c(/C=C3/NC(=O)N(Cc4ccc(Cl)c(Cl)c4)C3=O)cc2C(C)CC1(C)C. The molecule has 3 amide bonds. The van der Waals surface area contributed by atoms with Gasteiger partial charge in [-0.15, -0.1) is 0 Å². The fourth-order valence-corrected chi connectivity index (χ4v) is 5.43. The fraction of sp³-hybridized carbons (Fsp3) is 0.385. The Labute approximate surface area is 210 Å². The molecule has 1 unspecified atom stereocenters. The van der Waals surface area contributed by atoms with Gasteiger partial charge in [-0.1, -0.05) is 36.2 Å². The molecule has 0 radical (unpaired) electrons. The summed E-state index contributed by atoms with van der Waals surface area (Å²) in [6.07, 6.45) is 2.71. The third-order valence-corrected chi connectivity index (χ3v) is 7.38. The monoisotopic (exact) mass is 501 g/mol. The molecule has 0 aromatic heterocycles. The number of amides is 3. The van der Waals surface area contributed by atoms with E-state index in [0.717, 1.165) is 29.1 Å². The summed E-state index contributed by atoms with van der Waals surface area (Å²) in [5.41, 5.74) is 4.06. The summed E-state index contributed by atoms with van der Waals surface area (Å²) in [5.74, 6) is 0.593. The van der Waals surface area contributed by atoms with Crippen LogP contribution >= 0.6 is 23.2 Å². The Morgan fingerprint density at radius 1 is 1.18 bits per heavy atom. The number of methoxy groups -OCH3 is 1. The van der Waals surface area contributed by atoms with Crippen molar-refractivity contribution in [1.29, 1.82) is 0 Å². The quantitative estimate of drug-likeness (QED) is 0.390. The summed E-state index contributed by atoms with van der Waals surface area (Å²) in [4.78, 5) is 29.2. The second-order valence-electron chi connectivity index (χ2n) is 9.44. The lowest BCUT2D eigenvalue weighted by molar-refractivity contribution is -0.123. The van der Waals surface area contributed by atoms with Gasteiger partial charge in [-0.05, 0) is 68.5 Å². The van der Waals surface area contributed by atoms with E-state index >= 15 is 0 Å². The molecule has 2 aliphatic heterocycles. The fourth-order valence-electron chi connectivity index (χ4n) is 5.11. The van der Waals surface area contributed by atoms with Crippen LogP contribution in [-0.4, -0.2) is 36.0 Å².